The van der Waals surface area contributed by atoms with E-state index in [4.69, 9.17) is 9.47 Å². The maximum absolute atomic E-state index is 9.87. The van der Waals surface area contributed by atoms with E-state index in [-0.39, 0.29) is 37.6 Å². The van der Waals surface area contributed by atoms with Crippen LogP contribution in [-0.2, 0) is 13.0 Å². The molecular weight excluding hydrogens is 366 g/mol. The molecule has 2 N–H and O–H groups in total. The molecule has 0 aromatic heterocycles. The molecule has 0 radical (unpaired) electrons. The Labute approximate surface area is 166 Å². The molecule has 27 heavy (non-hydrogen) atoms. The molecule has 0 bridgehead atoms. The molecule has 3 rings (SSSR count). The van der Waals surface area contributed by atoms with Crippen molar-refractivity contribution in [1.82, 2.24) is 4.90 Å². The first-order valence-electron chi connectivity index (χ1n) is 8.96. The fourth-order valence-corrected chi connectivity index (χ4v) is 3.83. The number of fused-ring (bicyclic) bond motifs is 1. The lowest BCUT2D eigenvalue weighted by molar-refractivity contribution is 0.0462. The van der Waals surface area contributed by atoms with Gasteiger partial charge in [0.25, 0.3) is 0 Å². The fourth-order valence-electron chi connectivity index (χ4n) is 3.83. The van der Waals surface area contributed by atoms with Crippen molar-refractivity contribution in [1.29, 1.82) is 0 Å². The smallest absolute Gasteiger partial charge is 0.161 e. The Bertz CT molecular complexity index is 722. The van der Waals surface area contributed by atoms with Crippen LogP contribution in [0.25, 0.3) is 0 Å². The third kappa shape index (κ3) is 4.55. The molecule has 6 heteroatoms. The lowest BCUT2D eigenvalue weighted by Crippen LogP contribution is -2.41. The van der Waals surface area contributed by atoms with Gasteiger partial charge in [-0.2, -0.15) is 0 Å². The highest BCUT2D eigenvalue weighted by atomic mass is 35.5. The van der Waals surface area contributed by atoms with Gasteiger partial charge >= 0.3 is 0 Å². The maximum Gasteiger partial charge on any atom is 0.161 e. The topological polar surface area (TPSA) is 62.2 Å². The number of aliphatic hydroxyl groups is 2. The van der Waals surface area contributed by atoms with Gasteiger partial charge in [0.15, 0.2) is 11.5 Å². The highest BCUT2D eigenvalue weighted by molar-refractivity contribution is 5.85. The van der Waals surface area contributed by atoms with Gasteiger partial charge in [0, 0.05) is 38.3 Å². The van der Waals surface area contributed by atoms with Gasteiger partial charge < -0.3 is 19.7 Å². The summed E-state index contributed by atoms with van der Waals surface area (Å²) in [4.78, 5) is 2.33. The summed E-state index contributed by atoms with van der Waals surface area (Å²) in [5, 5.41) is 19.7. The van der Waals surface area contributed by atoms with Gasteiger partial charge in [-0.25, -0.2) is 0 Å². The predicted octanol–water partition coefficient (Wildman–Crippen LogP) is 2.83. The number of ether oxygens (including phenoxy) is 2. The minimum atomic E-state index is -0.254. The first-order chi connectivity index (χ1) is 12.7. The molecule has 0 fully saturated rings. The minimum absolute atomic E-state index is 0. The molecule has 5 nitrogen and oxygen atoms in total. The zero-order chi connectivity index (χ0) is 18.5. The number of hydrogen-bond acceptors (Lipinski definition) is 5. The van der Waals surface area contributed by atoms with Crippen molar-refractivity contribution in [2.75, 3.05) is 34.0 Å². The SMILES string of the molecule is COc1cc2c(cc1OC)C(C(CO)CO)N(Cc1ccccc1)CC2.Cl. The van der Waals surface area contributed by atoms with Gasteiger partial charge in [0.05, 0.1) is 14.2 Å². The molecule has 1 atom stereocenters. The molecular formula is C21H28ClNO4. The number of rotatable bonds is 7. The molecule has 0 spiro atoms. The summed E-state index contributed by atoms with van der Waals surface area (Å²) in [6, 6.07) is 14.2. The Hall–Kier alpha value is -1.79. The van der Waals surface area contributed by atoms with Crippen molar-refractivity contribution in [3.8, 4) is 11.5 Å². The van der Waals surface area contributed by atoms with Gasteiger partial charge in [-0.05, 0) is 35.2 Å². The van der Waals surface area contributed by atoms with Crippen molar-refractivity contribution in [3.63, 3.8) is 0 Å². The van der Waals surface area contributed by atoms with E-state index in [1.165, 1.54) is 11.1 Å². The lowest BCUT2D eigenvalue weighted by Gasteiger charge is -2.41. The number of halogens is 1. The van der Waals surface area contributed by atoms with Crippen LogP contribution >= 0.6 is 12.4 Å². The summed E-state index contributed by atoms with van der Waals surface area (Å²) in [6.45, 7) is 1.49. The van der Waals surface area contributed by atoms with Crippen LogP contribution in [0.4, 0.5) is 0 Å². The Morgan fingerprint density at radius 2 is 1.67 bits per heavy atom. The third-order valence-corrected chi connectivity index (χ3v) is 5.17. The first kappa shape index (κ1) is 21.5. The summed E-state index contributed by atoms with van der Waals surface area (Å²) in [7, 11) is 3.26. The Kier molecular flexibility index (Phi) is 7.92. The van der Waals surface area contributed by atoms with Crippen LogP contribution in [0.15, 0.2) is 42.5 Å². The van der Waals surface area contributed by atoms with E-state index in [1.54, 1.807) is 14.2 Å². The zero-order valence-electron chi connectivity index (χ0n) is 15.8. The molecule has 0 aliphatic carbocycles. The number of methoxy groups -OCH3 is 2. The molecule has 1 aliphatic rings. The molecule has 1 unspecified atom stereocenters. The number of benzene rings is 2. The number of hydrogen-bond donors (Lipinski definition) is 2. The zero-order valence-corrected chi connectivity index (χ0v) is 16.6. The van der Waals surface area contributed by atoms with Crippen LogP contribution in [0, 0.1) is 5.92 Å². The Morgan fingerprint density at radius 3 is 2.26 bits per heavy atom. The summed E-state index contributed by atoms with van der Waals surface area (Å²) >= 11 is 0. The molecule has 148 valence electrons. The molecule has 2 aromatic rings. The van der Waals surface area contributed by atoms with E-state index in [2.05, 4.69) is 17.0 Å². The second kappa shape index (κ2) is 9.95. The van der Waals surface area contributed by atoms with Crippen LogP contribution < -0.4 is 9.47 Å². The molecule has 1 heterocycles. The molecule has 0 amide bonds. The highest BCUT2D eigenvalue weighted by Gasteiger charge is 2.34. The van der Waals surface area contributed by atoms with Crippen LogP contribution in [0.5, 0.6) is 11.5 Å². The summed E-state index contributed by atoms with van der Waals surface area (Å²) < 4.78 is 10.9. The molecule has 0 saturated heterocycles. The minimum Gasteiger partial charge on any atom is -0.493 e. The fraction of sp³-hybridized carbons (Fsp3) is 0.429. The largest absolute Gasteiger partial charge is 0.493 e. The van der Waals surface area contributed by atoms with Crippen LogP contribution in [0.1, 0.15) is 22.7 Å². The Balaban J connectivity index is 0.00000261. The van der Waals surface area contributed by atoms with Gasteiger partial charge in [-0.3, -0.25) is 4.90 Å². The number of aliphatic hydroxyl groups excluding tert-OH is 2. The average Bonchev–Trinajstić information content (AvgIpc) is 2.69. The van der Waals surface area contributed by atoms with Gasteiger partial charge in [-0.1, -0.05) is 30.3 Å². The summed E-state index contributed by atoms with van der Waals surface area (Å²) in [5.41, 5.74) is 3.50. The van der Waals surface area contributed by atoms with Gasteiger partial charge in [-0.15, -0.1) is 12.4 Å². The summed E-state index contributed by atoms with van der Waals surface area (Å²) in [5.74, 6) is 1.13. The van der Waals surface area contributed by atoms with Crippen molar-refractivity contribution in [2.45, 2.75) is 19.0 Å². The molecule has 2 aromatic carbocycles. The quantitative estimate of drug-likeness (QED) is 0.757. The number of nitrogens with zero attached hydrogens (tertiary/aromatic N) is 1. The second-order valence-electron chi connectivity index (χ2n) is 6.68. The second-order valence-corrected chi connectivity index (χ2v) is 6.68. The van der Waals surface area contributed by atoms with E-state index in [9.17, 15) is 10.2 Å². The average molecular weight is 394 g/mol. The third-order valence-electron chi connectivity index (χ3n) is 5.17. The van der Waals surface area contributed by atoms with E-state index in [0.29, 0.717) is 11.5 Å². The van der Waals surface area contributed by atoms with Crippen molar-refractivity contribution < 1.29 is 19.7 Å². The van der Waals surface area contributed by atoms with Crippen LogP contribution in [0.2, 0.25) is 0 Å². The normalized spacial score (nSPS) is 16.6. The van der Waals surface area contributed by atoms with Crippen molar-refractivity contribution >= 4 is 12.4 Å². The van der Waals surface area contributed by atoms with E-state index < -0.39 is 0 Å². The molecule has 0 saturated carbocycles. The van der Waals surface area contributed by atoms with Crippen LogP contribution in [-0.4, -0.2) is 49.1 Å². The van der Waals surface area contributed by atoms with Crippen molar-refractivity contribution in [3.05, 3.63) is 59.2 Å². The standard InChI is InChI=1S/C21H27NO4.ClH/c1-25-19-10-16-8-9-22(12-15-6-4-3-5-7-15)21(17(13-23)14-24)18(16)11-20(19)26-2;/h3-7,10-11,17,21,23-24H,8-9,12-14H2,1-2H3;1H. The Morgan fingerprint density at radius 1 is 1.04 bits per heavy atom. The monoisotopic (exact) mass is 393 g/mol. The maximum atomic E-state index is 9.87. The predicted molar refractivity (Wildman–Crippen MR) is 108 cm³/mol. The van der Waals surface area contributed by atoms with Gasteiger partial charge in [0.1, 0.15) is 0 Å². The highest BCUT2D eigenvalue weighted by Crippen LogP contribution is 2.41. The molecule has 1 aliphatic heterocycles. The first-order valence-corrected chi connectivity index (χ1v) is 8.96. The van der Waals surface area contributed by atoms with Gasteiger partial charge in [0.2, 0.25) is 0 Å². The van der Waals surface area contributed by atoms with E-state index in [0.717, 1.165) is 25.1 Å². The van der Waals surface area contributed by atoms with Crippen molar-refractivity contribution in [2.24, 2.45) is 5.92 Å². The van der Waals surface area contributed by atoms with E-state index >= 15 is 0 Å². The van der Waals surface area contributed by atoms with E-state index in [1.807, 2.05) is 30.3 Å². The lowest BCUT2D eigenvalue weighted by atomic mass is 9.84. The van der Waals surface area contributed by atoms with Crippen LogP contribution in [0.3, 0.4) is 0 Å². The summed E-state index contributed by atoms with van der Waals surface area (Å²) in [6.07, 6.45) is 0.891.